The van der Waals surface area contributed by atoms with Gasteiger partial charge in [0.15, 0.2) is 0 Å². The largest absolute Gasteiger partial charge is 0.333 e. The molecule has 0 aliphatic rings. The minimum absolute atomic E-state index is 0.590. The summed E-state index contributed by atoms with van der Waals surface area (Å²) in [6, 6.07) is 0. The molecule has 0 aliphatic heterocycles. The van der Waals surface area contributed by atoms with E-state index in [1.54, 1.807) is 0 Å². The van der Waals surface area contributed by atoms with Crippen molar-refractivity contribution in [2.24, 2.45) is 0 Å². The van der Waals surface area contributed by atoms with Crippen molar-refractivity contribution in [1.82, 2.24) is 0 Å². The first-order valence-corrected chi connectivity index (χ1v) is 10.5. The van der Waals surface area contributed by atoms with Gasteiger partial charge in [0, 0.05) is 0 Å². The van der Waals surface area contributed by atoms with Gasteiger partial charge < -0.3 is 4.48 Å². The van der Waals surface area contributed by atoms with Gasteiger partial charge in [0.25, 0.3) is 21.2 Å². The summed E-state index contributed by atoms with van der Waals surface area (Å²) in [6.45, 7) is 0. The molecule has 0 aliphatic carbocycles. The van der Waals surface area contributed by atoms with Crippen LogP contribution in [0.15, 0.2) is 0 Å². The summed E-state index contributed by atoms with van der Waals surface area (Å²) in [5.41, 5.74) is 0. The maximum absolute atomic E-state index is 2.24. The molecule has 0 atom stereocenters. The minimum atomic E-state index is 0.590. The smallest absolute Gasteiger partial charge is 0.261 e. The molecular weight excluding hydrogens is 281 g/mol. The van der Waals surface area contributed by atoms with Crippen LogP contribution in [-0.2, 0) is 10.9 Å². The summed E-state index contributed by atoms with van der Waals surface area (Å²) in [5, 5.41) is 0. The van der Waals surface area contributed by atoms with E-state index in [4.69, 9.17) is 0 Å². The molecule has 0 N–H and O–H groups in total. The standard InChI is InChI=1S/C4H12N.C3H9S.C2H6I/c1-5(2,3)4;1-4(2)3;1-3-2/h1-4H3;1-3H3;1-2H3/q3*+1. The van der Waals surface area contributed by atoms with Crippen LogP contribution in [0.2, 0.25) is 0 Å². The molecule has 0 aromatic rings. The van der Waals surface area contributed by atoms with Crippen molar-refractivity contribution in [3.8, 4) is 0 Å². The van der Waals surface area contributed by atoms with E-state index in [9.17, 15) is 0 Å². The van der Waals surface area contributed by atoms with Crippen molar-refractivity contribution in [3.63, 3.8) is 0 Å². The highest BCUT2D eigenvalue weighted by molar-refractivity contribution is 7.94. The van der Waals surface area contributed by atoms with Crippen LogP contribution in [0, 0.1) is 0 Å². The Hall–Kier alpha value is 1.04. The molecule has 0 radical (unpaired) electrons. The summed E-state index contributed by atoms with van der Waals surface area (Å²) in [6.07, 6.45) is 6.58. The summed E-state index contributed by atoms with van der Waals surface area (Å²) in [5.74, 6) is 0. The van der Waals surface area contributed by atoms with Gasteiger partial charge in [-0.15, -0.1) is 0 Å². The number of hydrogen-bond acceptors (Lipinski definition) is 0. The van der Waals surface area contributed by atoms with Crippen LogP contribution in [0.4, 0.5) is 0 Å². The van der Waals surface area contributed by atoms with Crippen LogP contribution >= 0.6 is 0 Å². The molecule has 0 amide bonds. The lowest BCUT2D eigenvalue weighted by molar-refractivity contribution is -0.849. The Kier molecular flexibility index (Phi) is 18.8. The average Bonchev–Trinajstić information content (AvgIpc) is 1.56. The predicted molar refractivity (Wildman–Crippen MR) is 60.9 cm³/mol. The summed E-state index contributed by atoms with van der Waals surface area (Å²) in [4.78, 5) is 4.47. The lowest BCUT2D eigenvalue weighted by atomic mass is 10.8. The van der Waals surface area contributed by atoms with Gasteiger partial charge in [-0.2, -0.15) is 0 Å². The Bertz CT molecular complexity index is 60.7. The van der Waals surface area contributed by atoms with E-state index in [2.05, 4.69) is 56.8 Å². The first-order chi connectivity index (χ1) is 5.15. The molecule has 0 saturated carbocycles. The molecule has 1 nitrogen and oxygen atoms in total. The number of nitrogens with zero attached hydrogens (tertiary/aromatic N) is 1. The molecule has 0 aromatic heterocycles. The van der Waals surface area contributed by atoms with E-state index in [0.717, 1.165) is 4.48 Å². The normalized spacial score (nSPS) is 9.50. The summed E-state index contributed by atoms with van der Waals surface area (Å²) < 4.78 is 1.00. The molecule has 0 fully saturated rings. The van der Waals surface area contributed by atoms with Crippen molar-refractivity contribution in [2.45, 2.75) is 0 Å². The third-order valence-corrected chi connectivity index (χ3v) is 0. The Balaban J connectivity index is -0.000000105. The van der Waals surface area contributed by atoms with Gasteiger partial charge in [-0.3, -0.25) is 0 Å². The van der Waals surface area contributed by atoms with Crippen LogP contribution < -0.4 is 21.2 Å². The maximum atomic E-state index is 2.24. The quantitative estimate of drug-likeness (QED) is 0.213. The van der Waals surface area contributed by atoms with E-state index in [1.165, 1.54) is 0 Å². The lowest BCUT2D eigenvalue weighted by Crippen LogP contribution is -3.59. The van der Waals surface area contributed by atoms with Gasteiger partial charge in [0.1, 0.15) is 9.86 Å². The molecule has 0 unspecified atom stereocenters. The van der Waals surface area contributed by atoms with Gasteiger partial charge in [-0.1, -0.05) is 0 Å². The first-order valence-electron chi connectivity index (χ1n) is 3.77. The molecule has 0 saturated heterocycles. The molecule has 3 heteroatoms. The zero-order valence-corrected chi connectivity index (χ0v) is 13.2. The predicted octanol–water partition coefficient (Wildman–Crippen LogP) is -1.85. The van der Waals surface area contributed by atoms with Crippen molar-refractivity contribution in [3.05, 3.63) is 0 Å². The van der Waals surface area contributed by atoms with Crippen molar-refractivity contribution >= 4 is 10.9 Å². The number of hydrogen-bond donors (Lipinski definition) is 0. The monoisotopic (exact) mass is 308 g/mol. The van der Waals surface area contributed by atoms with Gasteiger partial charge >= 0.3 is 0 Å². The van der Waals surface area contributed by atoms with Gasteiger partial charge in [-0.25, -0.2) is 0 Å². The third kappa shape index (κ3) is 1030. The van der Waals surface area contributed by atoms with Gasteiger partial charge in [-0.05, 0) is 10.9 Å². The molecule has 0 heterocycles. The second kappa shape index (κ2) is 12.0. The maximum Gasteiger partial charge on any atom is 0.261 e. The van der Waals surface area contributed by atoms with Gasteiger partial charge in [0.05, 0.1) is 47.0 Å². The molecule has 0 bridgehead atoms. The summed E-state index contributed by atoms with van der Waals surface area (Å²) >= 11 is 0.590. The molecular formula is C9H27INS+3. The van der Waals surface area contributed by atoms with E-state index < -0.39 is 0 Å². The number of alkyl halides is 2. The minimum Gasteiger partial charge on any atom is -0.333 e. The molecule has 0 spiro atoms. The number of halogens is 1. The molecule has 78 valence electrons. The van der Waals surface area contributed by atoms with Crippen LogP contribution in [0.25, 0.3) is 0 Å². The highest BCUT2D eigenvalue weighted by Gasteiger charge is 1.88. The third-order valence-electron chi connectivity index (χ3n) is 0. The Morgan fingerprint density at radius 2 is 0.833 bits per heavy atom. The van der Waals surface area contributed by atoms with Crippen LogP contribution in [0.1, 0.15) is 0 Å². The van der Waals surface area contributed by atoms with E-state index in [-0.39, 0.29) is 0 Å². The van der Waals surface area contributed by atoms with E-state index in [1.807, 2.05) is 0 Å². The van der Waals surface area contributed by atoms with Crippen molar-refractivity contribution in [1.29, 1.82) is 0 Å². The molecule has 12 heavy (non-hydrogen) atoms. The fraction of sp³-hybridized carbons (Fsp3) is 1.00. The first kappa shape index (κ1) is 18.8. The fourth-order valence-corrected chi connectivity index (χ4v) is 0. The van der Waals surface area contributed by atoms with Crippen LogP contribution in [0.5, 0.6) is 0 Å². The highest BCUT2D eigenvalue weighted by atomic mass is 127. The number of rotatable bonds is 0. The van der Waals surface area contributed by atoms with E-state index in [0.29, 0.717) is 32.1 Å². The second-order valence-electron chi connectivity index (χ2n) is 4.29. The van der Waals surface area contributed by atoms with Crippen LogP contribution in [0.3, 0.4) is 0 Å². The highest BCUT2D eigenvalue weighted by Crippen LogP contribution is 1.73. The SMILES string of the molecule is C[I+]C.C[N+](C)(C)C.C[S+](C)C. The number of quaternary nitrogens is 1. The molecule has 0 rings (SSSR count). The molecule has 0 aromatic carbocycles. The lowest BCUT2D eigenvalue weighted by Gasteiger charge is -2.14. The van der Waals surface area contributed by atoms with E-state index >= 15 is 0 Å². The van der Waals surface area contributed by atoms with Crippen molar-refractivity contribution in [2.75, 3.05) is 56.8 Å². The zero-order valence-electron chi connectivity index (χ0n) is 10.2. The van der Waals surface area contributed by atoms with Crippen molar-refractivity contribution < 1.29 is 25.7 Å². The Labute approximate surface area is 93.1 Å². The zero-order chi connectivity index (χ0) is 10.8. The second-order valence-corrected chi connectivity index (χ2v) is 8.89. The fourth-order valence-electron chi connectivity index (χ4n) is 0. The average molecular weight is 308 g/mol. The van der Waals surface area contributed by atoms with Crippen LogP contribution in [-0.4, -0.2) is 61.3 Å². The Morgan fingerprint density at radius 3 is 0.833 bits per heavy atom. The topological polar surface area (TPSA) is 0 Å². The summed E-state index contributed by atoms with van der Waals surface area (Å²) in [7, 11) is 9.14. The van der Waals surface area contributed by atoms with Gasteiger partial charge in [0.2, 0.25) is 0 Å². The Morgan fingerprint density at radius 1 is 0.833 bits per heavy atom.